The number of aromatic nitrogens is 3. The Morgan fingerprint density at radius 3 is 2.53 bits per heavy atom. The molecule has 36 heavy (non-hydrogen) atoms. The molecule has 5 rings (SSSR count). The average Bonchev–Trinajstić information content (AvgIpc) is 3.63. The fourth-order valence-corrected chi connectivity index (χ4v) is 4.82. The number of nitrogens with zero attached hydrogens (tertiary/aromatic N) is 2. The molecule has 0 aliphatic heterocycles. The highest BCUT2D eigenvalue weighted by atomic mass is 19.1. The molecule has 0 atom stereocenters. The van der Waals surface area contributed by atoms with Gasteiger partial charge in [-0.15, -0.1) is 0 Å². The summed E-state index contributed by atoms with van der Waals surface area (Å²) in [4.78, 5) is 36.8. The van der Waals surface area contributed by atoms with E-state index >= 15 is 0 Å². The van der Waals surface area contributed by atoms with Crippen molar-refractivity contribution in [3.63, 3.8) is 0 Å². The lowest BCUT2D eigenvalue weighted by molar-refractivity contribution is -0.124. The second-order valence-corrected chi connectivity index (χ2v) is 9.71. The average molecular weight is 496 g/mol. The predicted octanol–water partition coefficient (Wildman–Crippen LogP) is 3.01. The first-order valence-corrected chi connectivity index (χ1v) is 12.4. The van der Waals surface area contributed by atoms with Gasteiger partial charge in [-0.3, -0.25) is 9.59 Å². The Morgan fingerprint density at radius 1 is 1.11 bits per heavy atom. The molecule has 1 aromatic carbocycles. The Labute approximate surface area is 207 Å². The molecule has 2 heterocycles. The van der Waals surface area contributed by atoms with Crippen LogP contribution < -0.4 is 15.4 Å². The Morgan fingerprint density at radius 2 is 1.83 bits per heavy atom. The Bertz CT molecular complexity index is 1280. The number of H-pyrrole nitrogens is 1. The number of aryl methyl sites for hydroxylation is 1. The summed E-state index contributed by atoms with van der Waals surface area (Å²) in [6.07, 6.45) is 6.55. The van der Waals surface area contributed by atoms with Crippen molar-refractivity contribution < 1.29 is 23.8 Å². The number of fused-ring (bicyclic) bond motifs is 1. The van der Waals surface area contributed by atoms with Crippen LogP contribution in [0.1, 0.15) is 54.6 Å². The van der Waals surface area contributed by atoms with E-state index in [4.69, 9.17) is 9.84 Å². The van der Waals surface area contributed by atoms with Crippen LogP contribution in [0.3, 0.4) is 0 Å². The number of hydrogen-bond donors (Lipinski definition) is 4. The summed E-state index contributed by atoms with van der Waals surface area (Å²) in [5.74, 6) is -0.0609. The second-order valence-electron chi connectivity index (χ2n) is 9.71. The minimum Gasteiger partial charge on any atom is -0.492 e. The van der Waals surface area contributed by atoms with Gasteiger partial charge >= 0.3 is 0 Å². The number of carbonyl (C=O) groups is 2. The second kappa shape index (κ2) is 10.2. The minimum absolute atomic E-state index is 0.00923. The maximum atomic E-state index is 14.0. The molecule has 0 unspecified atom stereocenters. The summed E-state index contributed by atoms with van der Waals surface area (Å²) < 4.78 is 19.9. The SMILES string of the molecule is Cc1[nH]c2c(-c3ccc(F)cc3OCC3CC3)ncnc2c1C(=O)NC1CCC(NC(=O)CO)CC1. The molecule has 2 fully saturated rings. The van der Waals surface area contributed by atoms with E-state index in [1.165, 1.54) is 18.5 Å². The van der Waals surface area contributed by atoms with Crippen molar-refractivity contribution in [1.29, 1.82) is 0 Å². The molecule has 3 aromatic rings. The number of carbonyl (C=O) groups excluding carboxylic acids is 2. The Kier molecular flexibility index (Phi) is 6.86. The van der Waals surface area contributed by atoms with Crippen LogP contribution in [0.2, 0.25) is 0 Å². The minimum atomic E-state index is -0.521. The molecule has 190 valence electrons. The summed E-state index contributed by atoms with van der Waals surface area (Å²) in [5, 5.41) is 14.8. The molecule has 0 bridgehead atoms. The van der Waals surface area contributed by atoms with Crippen molar-refractivity contribution >= 4 is 22.8 Å². The van der Waals surface area contributed by atoms with Crippen LogP contribution in [-0.4, -0.2) is 57.2 Å². The van der Waals surface area contributed by atoms with Gasteiger partial charge in [-0.05, 0) is 63.5 Å². The molecule has 2 aliphatic carbocycles. The number of hydrogen-bond acceptors (Lipinski definition) is 6. The number of nitrogens with one attached hydrogen (secondary N) is 3. The first kappa shape index (κ1) is 24.2. The summed E-state index contributed by atoms with van der Waals surface area (Å²) in [7, 11) is 0. The number of aromatic amines is 1. The monoisotopic (exact) mass is 495 g/mol. The number of benzene rings is 1. The van der Waals surface area contributed by atoms with Crippen molar-refractivity contribution in [2.24, 2.45) is 5.92 Å². The van der Waals surface area contributed by atoms with Crippen molar-refractivity contribution in [2.75, 3.05) is 13.2 Å². The number of aliphatic hydroxyl groups excluding tert-OH is 1. The van der Waals surface area contributed by atoms with E-state index in [1.807, 2.05) is 6.92 Å². The van der Waals surface area contributed by atoms with Gasteiger partial charge in [0.1, 0.15) is 35.7 Å². The van der Waals surface area contributed by atoms with E-state index in [2.05, 4.69) is 25.6 Å². The third-order valence-electron chi connectivity index (χ3n) is 6.94. The summed E-state index contributed by atoms with van der Waals surface area (Å²) >= 11 is 0. The van der Waals surface area contributed by atoms with Gasteiger partial charge in [-0.25, -0.2) is 14.4 Å². The fraction of sp³-hybridized carbons (Fsp3) is 0.462. The van der Waals surface area contributed by atoms with E-state index < -0.39 is 6.61 Å². The third-order valence-corrected chi connectivity index (χ3v) is 6.94. The van der Waals surface area contributed by atoms with Crippen molar-refractivity contribution in [1.82, 2.24) is 25.6 Å². The van der Waals surface area contributed by atoms with Crippen molar-refractivity contribution in [2.45, 2.75) is 57.5 Å². The van der Waals surface area contributed by atoms with Gasteiger partial charge in [0.2, 0.25) is 5.91 Å². The van der Waals surface area contributed by atoms with Crippen LogP contribution in [0.5, 0.6) is 5.75 Å². The zero-order valence-electron chi connectivity index (χ0n) is 20.1. The maximum Gasteiger partial charge on any atom is 0.255 e. The third kappa shape index (κ3) is 5.18. The molecule has 9 nitrogen and oxygen atoms in total. The molecule has 2 saturated carbocycles. The molecular formula is C26H30FN5O4. The topological polar surface area (TPSA) is 129 Å². The molecule has 0 spiro atoms. The highest BCUT2D eigenvalue weighted by Crippen LogP contribution is 2.36. The fourth-order valence-electron chi connectivity index (χ4n) is 4.82. The zero-order chi connectivity index (χ0) is 25.2. The van der Waals surface area contributed by atoms with Crippen LogP contribution in [0, 0.1) is 18.7 Å². The van der Waals surface area contributed by atoms with E-state index in [1.54, 1.807) is 6.07 Å². The van der Waals surface area contributed by atoms with E-state index in [0.717, 1.165) is 38.5 Å². The quantitative estimate of drug-likeness (QED) is 0.380. The molecule has 0 saturated heterocycles. The molecule has 4 N–H and O–H groups in total. The standard InChI is InChI=1S/C26H30FN5O4/c1-14-22(26(35)32-18-7-5-17(6-8-18)31-21(34)11-33)24-25(30-14)23(28-13-29-24)19-9-4-16(27)10-20(19)36-12-15-2-3-15/h4,9-10,13,15,17-18,30,33H,2-3,5-8,11-12H2,1H3,(H,31,34)(H,32,35). The van der Waals surface area contributed by atoms with E-state index in [9.17, 15) is 14.0 Å². The maximum absolute atomic E-state index is 14.0. The van der Waals surface area contributed by atoms with Crippen LogP contribution in [0.25, 0.3) is 22.3 Å². The number of aliphatic hydroxyl groups is 1. The largest absolute Gasteiger partial charge is 0.492 e. The summed E-state index contributed by atoms with van der Waals surface area (Å²) in [6, 6.07) is 4.37. The Balaban J connectivity index is 1.36. The summed E-state index contributed by atoms with van der Waals surface area (Å²) in [5.41, 5.74) is 3.39. The number of rotatable bonds is 8. The first-order chi connectivity index (χ1) is 17.4. The highest BCUT2D eigenvalue weighted by Gasteiger charge is 2.27. The molecule has 0 radical (unpaired) electrons. The van der Waals surface area contributed by atoms with Gasteiger partial charge in [0.15, 0.2) is 0 Å². The van der Waals surface area contributed by atoms with Gasteiger partial charge in [0.25, 0.3) is 5.91 Å². The molecule has 2 aromatic heterocycles. The molecule has 2 amide bonds. The van der Waals surface area contributed by atoms with Crippen LogP contribution in [0.15, 0.2) is 24.5 Å². The van der Waals surface area contributed by atoms with Gasteiger partial charge < -0.3 is 25.5 Å². The Hall–Kier alpha value is -3.53. The number of ether oxygens (including phenoxy) is 1. The lowest BCUT2D eigenvalue weighted by atomic mass is 9.91. The lowest BCUT2D eigenvalue weighted by Crippen LogP contribution is -2.44. The van der Waals surface area contributed by atoms with Crippen LogP contribution in [-0.2, 0) is 4.79 Å². The normalized spacial score (nSPS) is 19.8. The lowest BCUT2D eigenvalue weighted by Gasteiger charge is -2.29. The highest BCUT2D eigenvalue weighted by molar-refractivity contribution is 6.09. The van der Waals surface area contributed by atoms with E-state index in [0.29, 0.717) is 51.8 Å². The van der Waals surface area contributed by atoms with Gasteiger partial charge in [-0.1, -0.05) is 0 Å². The molecular weight excluding hydrogens is 465 g/mol. The first-order valence-electron chi connectivity index (χ1n) is 12.4. The van der Waals surface area contributed by atoms with E-state index in [-0.39, 0.29) is 29.7 Å². The zero-order valence-corrected chi connectivity index (χ0v) is 20.1. The molecule has 10 heteroatoms. The number of amides is 2. The van der Waals surface area contributed by atoms with Gasteiger partial charge in [0, 0.05) is 29.4 Å². The van der Waals surface area contributed by atoms with Crippen molar-refractivity contribution in [3.8, 4) is 17.0 Å². The number of halogens is 1. The van der Waals surface area contributed by atoms with Crippen LogP contribution >= 0.6 is 0 Å². The van der Waals surface area contributed by atoms with Gasteiger partial charge in [-0.2, -0.15) is 0 Å². The van der Waals surface area contributed by atoms with Gasteiger partial charge in [0.05, 0.1) is 17.7 Å². The van der Waals surface area contributed by atoms with Crippen molar-refractivity contribution in [3.05, 3.63) is 41.6 Å². The van der Waals surface area contributed by atoms with Crippen LogP contribution in [0.4, 0.5) is 4.39 Å². The summed E-state index contributed by atoms with van der Waals surface area (Å²) in [6.45, 7) is 1.83. The molecule has 2 aliphatic rings. The predicted molar refractivity (Wildman–Crippen MR) is 131 cm³/mol. The smallest absolute Gasteiger partial charge is 0.255 e.